The maximum Gasteiger partial charge on any atom is 0.264 e. The smallest absolute Gasteiger partial charge is 0.264 e. The minimum absolute atomic E-state index is 0.0797. The quantitative estimate of drug-likeness (QED) is 0.584. The van der Waals surface area contributed by atoms with E-state index < -0.39 is 0 Å². The Kier molecular flexibility index (Phi) is 5.49. The number of benzene rings is 2. The van der Waals surface area contributed by atoms with Crippen molar-refractivity contribution in [3.63, 3.8) is 0 Å². The molecule has 2 aromatic carbocycles. The number of nitrogens with zero attached hydrogens (tertiary/aromatic N) is 2. The minimum Gasteiger partial charge on any atom is -0.486 e. The molecular weight excluding hydrogens is 422 g/mol. The molecule has 1 fully saturated rings. The molecular formula is C25H23N3O3S. The Hall–Kier alpha value is -3.45. The standard InChI is InChI=1S/C25H23N3O3S/c1-16-12-18(13-23-24(29)27-25(32-23)26-19-8-4-3-5-9-19)17(2)28(16)14-20-15-30-21-10-6-7-11-22(21)31-20/h3-13,20H,14-15H2,1-2H3,(H,26,27,29)/b23-13-. The molecule has 3 aromatic rings. The highest BCUT2D eigenvalue weighted by Crippen LogP contribution is 2.32. The monoisotopic (exact) mass is 445 g/mol. The van der Waals surface area contributed by atoms with Crippen molar-refractivity contribution in [3.05, 3.63) is 82.5 Å². The number of aliphatic imine (C=N–C) groups is 1. The summed E-state index contributed by atoms with van der Waals surface area (Å²) in [4.78, 5) is 17.6. The van der Waals surface area contributed by atoms with Crippen LogP contribution >= 0.6 is 11.8 Å². The first kappa shape index (κ1) is 20.5. The lowest BCUT2D eigenvalue weighted by Gasteiger charge is -2.27. The number of rotatable bonds is 4. The van der Waals surface area contributed by atoms with Gasteiger partial charge in [0.2, 0.25) is 0 Å². The summed E-state index contributed by atoms with van der Waals surface area (Å²) >= 11 is 1.36. The molecule has 5 rings (SSSR count). The molecule has 1 amide bonds. The second kappa shape index (κ2) is 8.59. The number of carbonyl (C=O) groups excluding carboxylic acids is 1. The van der Waals surface area contributed by atoms with Gasteiger partial charge in [0, 0.05) is 11.4 Å². The summed E-state index contributed by atoms with van der Waals surface area (Å²) in [5.74, 6) is 1.43. The third-order valence-electron chi connectivity index (χ3n) is 5.49. The van der Waals surface area contributed by atoms with Crippen LogP contribution < -0.4 is 14.8 Å². The number of amides is 1. The molecule has 3 heterocycles. The van der Waals surface area contributed by atoms with Crippen LogP contribution in [0, 0.1) is 13.8 Å². The molecule has 0 radical (unpaired) electrons. The first-order valence-corrected chi connectivity index (χ1v) is 11.3. The van der Waals surface area contributed by atoms with Crippen LogP contribution in [0.4, 0.5) is 5.69 Å². The molecule has 32 heavy (non-hydrogen) atoms. The van der Waals surface area contributed by atoms with Gasteiger partial charge in [-0.1, -0.05) is 30.3 Å². The van der Waals surface area contributed by atoms with Crippen LogP contribution in [0.2, 0.25) is 0 Å². The molecule has 2 aliphatic rings. The number of thioether (sulfide) groups is 1. The SMILES string of the molecule is Cc1cc(/C=C2\SC(=Nc3ccccc3)NC2=O)c(C)n1CC1COc2ccccc2O1. The van der Waals surface area contributed by atoms with Gasteiger partial charge in [0.25, 0.3) is 5.91 Å². The van der Waals surface area contributed by atoms with E-state index in [1.54, 1.807) is 0 Å². The predicted octanol–water partition coefficient (Wildman–Crippen LogP) is 4.84. The van der Waals surface area contributed by atoms with Gasteiger partial charge in [-0.3, -0.25) is 4.79 Å². The van der Waals surface area contributed by atoms with Crippen molar-refractivity contribution in [2.45, 2.75) is 26.5 Å². The summed E-state index contributed by atoms with van der Waals surface area (Å²) in [5.41, 5.74) is 4.02. The molecule has 2 aliphatic heterocycles. The van der Waals surface area contributed by atoms with E-state index in [-0.39, 0.29) is 12.0 Å². The molecule has 0 bridgehead atoms. The zero-order valence-electron chi connectivity index (χ0n) is 17.9. The number of aromatic nitrogens is 1. The van der Waals surface area contributed by atoms with Crippen LogP contribution in [0.5, 0.6) is 11.5 Å². The molecule has 0 saturated carbocycles. The van der Waals surface area contributed by atoms with Gasteiger partial charge in [-0.2, -0.15) is 0 Å². The summed E-state index contributed by atoms with van der Waals surface area (Å²) in [6.45, 7) is 5.31. The lowest BCUT2D eigenvalue weighted by Crippen LogP contribution is -2.33. The number of ether oxygens (including phenoxy) is 2. The highest BCUT2D eigenvalue weighted by atomic mass is 32.2. The number of nitrogens with one attached hydrogen (secondary N) is 1. The van der Waals surface area contributed by atoms with Gasteiger partial charge in [0.05, 0.1) is 17.1 Å². The first-order valence-electron chi connectivity index (χ1n) is 10.5. The lowest BCUT2D eigenvalue weighted by atomic mass is 10.2. The number of carbonyl (C=O) groups is 1. The molecule has 0 spiro atoms. The molecule has 1 N–H and O–H groups in total. The summed E-state index contributed by atoms with van der Waals surface area (Å²) < 4.78 is 14.2. The Bertz CT molecular complexity index is 1230. The van der Waals surface area contributed by atoms with Crippen molar-refractivity contribution >= 4 is 34.6 Å². The van der Waals surface area contributed by atoms with Crippen LogP contribution in [-0.2, 0) is 11.3 Å². The summed E-state index contributed by atoms with van der Waals surface area (Å²) in [6, 6.07) is 19.4. The van der Waals surface area contributed by atoms with E-state index in [9.17, 15) is 4.79 Å². The lowest BCUT2D eigenvalue weighted by molar-refractivity contribution is -0.115. The van der Waals surface area contributed by atoms with E-state index in [0.717, 1.165) is 34.1 Å². The molecule has 7 heteroatoms. The third-order valence-corrected chi connectivity index (χ3v) is 6.40. The van der Waals surface area contributed by atoms with Gasteiger partial charge in [-0.05, 0) is 67.6 Å². The highest BCUT2D eigenvalue weighted by molar-refractivity contribution is 8.18. The number of amidine groups is 1. The van der Waals surface area contributed by atoms with Crippen LogP contribution in [0.15, 0.2) is 70.6 Å². The minimum atomic E-state index is -0.130. The largest absolute Gasteiger partial charge is 0.486 e. The molecule has 162 valence electrons. The van der Waals surface area contributed by atoms with Gasteiger partial charge in [0.1, 0.15) is 6.61 Å². The zero-order chi connectivity index (χ0) is 22.1. The predicted molar refractivity (Wildman–Crippen MR) is 128 cm³/mol. The Labute approximate surface area is 191 Å². The second-order valence-corrected chi connectivity index (χ2v) is 8.78. The van der Waals surface area contributed by atoms with E-state index in [1.807, 2.05) is 60.7 Å². The fraction of sp³-hybridized carbons (Fsp3) is 0.200. The van der Waals surface area contributed by atoms with Gasteiger partial charge in [-0.15, -0.1) is 0 Å². The fourth-order valence-electron chi connectivity index (χ4n) is 3.85. The Balaban J connectivity index is 1.34. The maximum atomic E-state index is 12.5. The second-order valence-electron chi connectivity index (χ2n) is 7.75. The van der Waals surface area contributed by atoms with Gasteiger partial charge >= 0.3 is 0 Å². The average molecular weight is 446 g/mol. The Morgan fingerprint density at radius 3 is 2.69 bits per heavy atom. The Morgan fingerprint density at radius 2 is 1.88 bits per heavy atom. The van der Waals surface area contributed by atoms with E-state index in [4.69, 9.17) is 9.47 Å². The molecule has 1 aromatic heterocycles. The van der Waals surface area contributed by atoms with Crippen LogP contribution in [-0.4, -0.2) is 28.4 Å². The molecule has 1 unspecified atom stereocenters. The van der Waals surface area contributed by atoms with Crippen molar-refractivity contribution in [2.24, 2.45) is 4.99 Å². The molecule has 0 aliphatic carbocycles. The van der Waals surface area contributed by atoms with Crippen LogP contribution in [0.25, 0.3) is 6.08 Å². The number of aryl methyl sites for hydroxylation is 1. The van der Waals surface area contributed by atoms with E-state index in [1.165, 1.54) is 11.8 Å². The van der Waals surface area contributed by atoms with Gasteiger partial charge < -0.3 is 19.4 Å². The first-order chi connectivity index (χ1) is 15.6. The van der Waals surface area contributed by atoms with E-state index >= 15 is 0 Å². The summed E-state index contributed by atoms with van der Waals surface area (Å²) in [7, 11) is 0. The Morgan fingerprint density at radius 1 is 1.12 bits per heavy atom. The maximum absolute atomic E-state index is 12.5. The number of para-hydroxylation sites is 3. The van der Waals surface area contributed by atoms with Crippen molar-refractivity contribution in [3.8, 4) is 11.5 Å². The average Bonchev–Trinajstić information content (AvgIpc) is 3.27. The van der Waals surface area contributed by atoms with E-state index in [0.29, 0.717) is 23.2 Å². The molecule has 1 saturated heterocycles. The van der Waals surface area contributed by atoms with Crippen LogP contribution in [0.3, 0.4) is 0 Å². The van der Waals surface area contributed by atoms with Crippen molar-refractivity contribution in [1.82, 2.24) is 9.88 Å². The summed E-state index contributed by atoms with van der Waals surface area (Å²) in [6.07, 6.45) is 1.85. The van der Waals surface area contributed by atoms with Crippen molar-refractivity contribution in [2.75, 3.05) is 6.61 Å². The van der Waals surface area contributed by atoms with Crippen molar-refractivity contribution < 1.29 is 14.3 Å². The molecule has 1 atom stereocenters. The van der Waals surface area contributed by atoms with Gasteiger partial charge in [0.15, 0.2) is 22.8 Å². The topological polar surface area (TPSA) is 64.9 Å². The third kappa shape index (κ3) is 4.16. The zero-order valence-corrected chi connectivity index (χ0v) is 18.7. The number of hydrogen-bond acceptors (Lipinski definition) is 5. The van der Waals surface area contributed by atoms with E-state index in [2.05, 4.69) is 34.8 Å². The van der Waals surface area contributed by atoms with Crippen LogP contribution in [0.1, 0.15) is 17.0 Å². The fourth-order valence-corrected chi connectivity index (χ4v) is 4.69. The number of hydrogen-bond donors (Lipinski definition) is 1. The molecule has 6 nitrogen and oxygen atoms in total. The van der Waals surface area contributed by atoms with Gasteiger partial charge in [-0.25, -0.2) is 4.99 Å². The normalized spacial score (nSPS) is 20.1. The highest BCUT2D eigenvalue weighted by Gasteiger charge is 2.26. The summed E-state index contributed by atoms with van der Waals surface area (Å²) in [5, 5.41) is 3.44. The number of fused-ring (bicyclic) bond motifs is 1. The van der Waals surface area contributed by atoms with Crippen molar-refractivity contribution in [1.29, 1.82) is 0 Å².